The minimum Gasteiger partial charge on any atom is -0.508 e. The van der Waals surface area contributed by atoms with Crippen LogP contribution in [0.5, 0.6) is 17.4 Å². The normalized spacial score (nSPS) is 10.6. The van der Waals surface area contributed by atoms with Crippen LogP contribution in [0.1, 0.15) is 0 Å². The molecule has 1 N–H and O–H groups in total. The molecule has 0 aliphatic heterocycles. The highest BCUT2D eigenvalue weighted by Crippen LogP contribution is 2.24. The molecule has 0 bridgehead atoms. The molecule has 0 radical (unpaired) electrons. The largest absolute Gasteiger partial charge is 0.508 e. The van der Waals surface area contributed by atoms with Gasteiger partial charge < -0.3 is 9.84 Å². The molecule has 0 aliphatic carbocycles. The summed E-state index contributed by atoms with van der Waals surface area (Å²) in [5.41, 5.74) is 0.524. The van der Waals surface area contributed by atoms with Crippen molar-refractivity contribution in [2.45, 2.75) is 0 Å². The summed E-state index contributed by atoms with van der Waals surface area (Å²) in [6, 6.07) is 6.48. The lowest BCUT2D eigenvalue weighted by atomic mass is 10.3. The van der Waals surface area contributed by atoms with Gasteiger partial charge in [0.1, 0.15) is 17.8 Å². The number of benzene rings is 1. The van der Waals surface area contributed by atoms with Gasteiger partial charge >= 0.3 is 0 Å². The molecular formula is C11H8N4O2. The second-order valence-electron chi connectivity index (χ2n) is 3.39. The van der Waals surface area contributed by atoms with E-state index in [1.807, 2.05) is 0 Å². The number of fused-ring (bicyclic) bond motifs is 1. The Bertz CT molecular complexity index is 665. The van der Waals surface area contributed by atoms with E-state index in [0.717, 1.165) is 0 Å². The zero-order chi connectivity index (χ0) is 11.7. The van der Waals surface area contributed by atoms with Crippen molar-refractivity contribution in [2.24, 2.45) is 0 Å². The molecule has 3 aromatic rings. The Morgan fingerprint density at radius 1 is 1.29 bits per heavy atom. The van der Waals surface area contributed by atoms with E-state index < -0.39 is 0 Å². The maximum absolute atomic E-state index is 9.33. The van der Waals surface area contributed by atoms with Crippen LogP contribution in [0.15, 0.2) is 43.0 Å². The number of hydrogen-bond acceptors (Lipinski definition) is 5. The maximum atomic E-state index is 9.33. The standard InChI is InChI=1S/C11H8N4O2/c16-8-2-1-3-9(6-8)17-11-10-14-13-7-15(10)5-4-12-11/h1-7,16H. The van der Waals surface area contributed by atoms with Crippen LogP contribution in [0.2, 0.25) is 0 Å². The van der Waals surface area contributed by atoms with Crippen LogP contribution < -0.4 is 4.74 Å². The van der Waals surface area contributed by atoms with Crippen molar-refractivity contribution in [2.75, 3.05) is 0 Å². The van der Waals surface area contributed by atoms with Crippen molar-refractivity contribution in [3.63, 3.8) is 0 Å². The predicted molar refractivity (Wildman–Crippen MR) is 59.0 cm³/mol. The lowest BCUT2D eigenvalue weighted by Crippen LogP contribution is -1.92. The summed E-state index contributed by atoms with van der Waals surface area (Å²) in [5.74, 6) is 0.972. The number of aromatic hydroxyl groups is 1. The number of nitrogens with zero attached hydrogens (tertiary/aromatic N) is 4. The van der Waals surface area contributed by atoms with Gasteiger partial charge in [-0.15, -0.1) is 10.2 Å². The third-order valence-corrected chi connectivity index (χ3v) is 2.22. The summed E-state index contributed by atoms with van der Waals surface area (Å²) in [6.45, 7) is 0. The summed E-state index contributed by atoms with van der Waals surface area (Å²) in [7, 11) is 0. The van der Waals surface area contributed by atoms with Crippen LogP contribution in [0.4, 0.5) is 0 Å². The third-order valence-electron chi connectivity index (χ3n) is 2.22. The fourth-order valence-electron chi connectivity index (χ4n) is 1.47. The smallest absolute Gasteiger partial charge is 0.265 e. The third kappa shape index (κ3) is 1.76. The minimum absolute atomic E-state index is 0.135. The van der Waals surface area contributed by atoms with E-state index in [2.05, 4.69) is 15.2 Å². The van der Waals surface area contributed by atoms with Gasteiger partial charge in [-0.1, -0.05) is 6.07 Å². The van der Waals surface area contributed by atoms with Crippen molar-refractivity contribution in [1.29, 1.82) is 0 Å². The molecule has 0 saturated carbocycles. The highest BCUT2D eigenvalue weighted by Gasteiger charge is 2.07. The van der Waals surface area contributed by atoms with E-state index in [0.29, 0.717) is 17.3 Å². The quantitative estimate of drug-likeness (QED) is 0.721. The first kappa shape index (κ1) is 9.59. The molecule has 0 aliphatic rings. The Kier molecular flexibility index (Phi) is 2.11. The monoisotopic (exact) mass is 228 g/mol. The van der Waals surface area contributed by atoms with Crippen LogP contribution in [0.25, 0.3) is 5.65 Å². The molecule has 0 amide bonds. The van der Waals surface area contributed by atoms with Gasteiger partial charge in [0.2, 0.25) is 5.65 Å². The van der Waals surface area contributed by atoms with Crippen LogP contribution >= 0.6 is 0 Å². The van der Waals surface area contributed by atoms with Gasteiger partial charge in [-0.3, -0.25) is 4.40 Å². The number of phenols is 1. The Morgan fingerprint density at radius 3 is 3.12 bits per heavy atom. The molecule has 17 heavy (non-hydrogen) atoms. The molecule has 6 nitrogen and oxygen atoms in total. The van der Waals surface area contributed by atoms with E-state index >= 15 is 0 Å². The molecule has 6 heteroatoms. The first-order chi connectivity index (χ1) is 8.33. The van der Waals surface area contributed by atoms with Crippen molar-refractivity contribution < 1.29 is 9.84 Å². The average Bonchev–Trinajstić information content (AvgIpc) is 2.78. The molecular weight excluding hydrogens is 220 g/mol. The first-order valence-corrected chi connectivity index (χ1v) is 4.94. The number of aromatic nitrogens is 4. The van der Waals surface area contributed by atoms with Gasteiger partial charge in [-0.2, -0.15) is 0 Å². The van der Waals surface area contributed by atoms with Gasteiger partial charge in [0.05, 0.1) is 0 Å². The van der Waals surface area contributed by atoms with Crippen molar-refractivity contribution in [1.82, 2.24) is 19.6 Å². The van der Waals surface area contributed by atoms with Crippen LogP contribution in [-0.4, -0.2) is 24.7 Å². The molecule has 0 unspecified atom stereocenters. The van der Waals surface area contributed by atoms with Gasteiger partial charge in [-0.05, 0) is 12.1 Å². The van der Waals surface area contributed by atoms with Gasteiger partial charge in [-0.25, -0.2) is 4.98 Å². The molecule has 0 atom stereocenters. The predicted octanol–water partition coefficient (Wildman–Crippen LogP) is 1.62. The van der Waals surface area contributed by atoms with Gasteiger partial charge in [0, 0.05) is 18.5 Å². The molecule has 2 aromatic heterocycles. The molecule has 0 spiro atoms. The van der Waals surface area contributed by atoms with E-state index in [4.69, 9.17) is 4.74 Å². The fourth-order valence-corrected chi connectivity index (χ4v) is 1.47. The topological polar surface area (TPSA) is 72.5 Å². The summed E-state index contributed by atoms with van der Waals surface area (Å²) in [6.07, 6.45) is 4.88. The maximum Gasteiger partial charge on any atom is 0.265 e. The second-order valence-corrected chi connectivity index (χ2v) is 3.39. The summed E-state index contributed by atoms with van der Waals surface area (Å²) in [4.78, 5) is 4.08. The summed E-state index contributed by atoms with van der Waals surface area (Å²) in [5, 5.41) is 17.0. The number of phenolic OH excluding ortho intramolecular Hbond substituents is 1. The van der Waals surface area contributed by atoms with Crippen molar-refractivity contribution in [3.05, 3.63) is 43.0 Å². The number of rotatable bonds is 2. The molecule has 0 fully saturated rings. The van der Waals surface area contributed by atoms with Crippen LogP contribution in [0, 0.1) is 0 Å². The highest BCUT2D eigenvalue weighted by atomic mass is 16.5. The van der Waals surface area contributed by atoms with Crippen molar-refractivity contribution >= 4 is 5.65 Å². The summed E-state index contributed by atoms with van der Waals surface area (Å²) >= 11 is 0. The lowest BCUT2D eigenvalue weighted by molar-refractivity contribution is 0.446. The molecule has 84 valence electrons. The lowest BCUT2D eigenvalue weighted by Gasteiger charge is -2.04. The summed E-state index contributed by atoms with van der Waals surface area (Å²) < 4.78 is 7.24. The van der Waals surface area contributed by atoms with Gasteiger partial charge in [0.15, 0.2) is 0 Å². The molecule has 2 heterocycles. The number of ether oxygens (including phenoxy) is 1. The van der Waals surface area contributed by atoms with E-state index in [1.165, 1.54) is 6.07 Å². The zero-order valence-corrected chi connectivity index (χ0v) is 8.69. The Labute approximate surface area is 96.1 Å². The Morgan fingerprint density at radius 2 is 2.24 bits per heavy atom. The Hall–Kier alpha value is -2.63. The fraction of sp³-hybridized carbons (Fsp3) is 0. The van der Waals surface area contributed by atoms with Gasteiger partial charge in [0.25, 0.3) is 5.88 Å². The minimum atomic E-state index is 0.135. The van der Waals surface area contributed by atoms with E-state index in [1.54, 1.807) is 41.3 Å². The Balaban J connectivity index is 2.02. The van der Waals surface area contributed by atoms with Crippen LogP contribution in [0.3, 0.4) is 0 Å². The average molecular weight is 228 g/mol. The number of hydrogen-bond donors (Lipinski definition) is 1. The zero-order valence-electron chi connectivity index (χ0n) is 8.69. The van der Waals surface area contributed by atoms with E-state index in [9.17, 15) is 5.11 Å². The van der Waals surface area contributed by atoms with Crippen molar-refractivity contribution in [3.8, 4) is 17.4 Å². The SMILES string of the molecule is Oc1cccc(Oc2nccn3cnnc23)c1. The molecule has 0 saturated heterocycles. The first-order valence-electron chi connectivity index (χ1n) is 4.94. The molecule has 3 rings (SSSR count). The highest BCUT2D eigenvalue weighted by molar-refractivity contribution is 5.49. The molecule has 1 aromatic carbocycles. The second kappa shape index (κ2) is 3.75. The van der Waals surface area contributed by atoms with Crippen LogP contribution in [-0.2, 0) is 0 Å². The van der Waals surface area contributed by atoms with E-state index in [-0.39, 0.29) is 5.75 Å².